The van der Waals surface area contributed by atoms with Gasteiger partial charge in [-0.2, -0.15) is 0 Å². The first-order chi connectivity index (χ1) is 12.4. The van der Waals surface area contributed by atoms with Crippen LogP contribution in [0, 0.1) is 0 Å². The number of carbonyl (C=O) groups is 2. The first kappa shape index (κ1) is 19.3. The van der Waals surface area contributed by atoms with E-state index in [9.17, 15) is 9.59 Å². The largest absolute Gasteiger partial charge is 0.496 e. The summed E-state index contributed by atoms with van der Waals surface area (Å²) in [4.78, 5) is 24.1. The Hall–Kier alpha value is -3.02. The van der Waals surface area contributed by atoms with Crippen LogP contribution in [0.25, 0.3) is 11.1 Å². The molecule has 0 fully saturated rings. The van der Waals surface area contributed by atoms with Gasteiger partial charge in [0.2, 0.25) is 0 Å². The van der Waals surface area contributed by atoms with Crippen molar-refractivity contribution in [3.05, 3.63) is 35.4 Å². The Bertz CT molecular complexity index is 782. The van der Waals surface area contributed by atoms with E-state index in [2.05, 4.69) is 0 Å². The van der Waals surface area contributed by atoms with Gasteiger partial charge in [0.25, 0.3) is 0 Å². The molecule has 0 aliphatic carbocycles. The summed E-state index contributed by atoms with van der Waals surface area (Å²) in [6.45, 7) is 2.91. The van der Waals surface area contributed by atoms with Crippen molar-refractivity contribution in [1.82, 2.24) is 0 Å². The minimum atomic E-state index is -0.161. The van der Waals surface area contributed by atoms with Crippen molar-refractivity contribution in [2.75, 3.05) is 28.4 Å². The maximum Gasteiger partial charge on any atom is 0.163 e. The number of benzene rings is 2. The normalized spacial score (nSPS) is 10.2. The van der Waals surface area contributed by atoms with Crippen LogP contribution in [0.5, 0.6) is 23.0 Å². The number of hydrogen-bond donors (Lipinski definition) is 0. The Kier molecular flexibility index (Phi) is 5.87. The van der Waals surface area contributed by atoms with Gasteiger partial charge in [-0.05, 0) is 38.1 Å². The zero-order valence-electron chi connectivity index (χ0n) is 15.8. The molecule has 0 radical (unpaired) electrons. The fraction of sp³-hybridized carbons (Fsp3) is 0.300. The molecule has 0 N–H and O–H groups in total. The van der Waals surface area contributed by atoms with Crippen molar-refractivity contribution < 1.29 is 28.5 Å². The second-order valence-corrected chi connectivity index (χ2v) is 5.56. The fourth-order valence-electron chi connectivity index (χ4n) is 2.92. The molecule has 0 aromatic heterocycles. The van der Waals surface area contributed by atoms with Crippen molar-refractivity contribution in [2.45, 2.75) is 13.8 Å². The molecule has 0 atom stereocenters. The molecule has 0 aliphatic rings. The summed E-state index contributed by atoms with van der Waals surface area (Å²) in [5, 5.41) is 0. The average Bonchev–Trinajstić information content (AvgIpc) is 2.64. The molecule has 2 rings (SSSR count). The third kappa shape index (κ3) is 3.22. The van der Waals surface area contributed by atoms with E-state index in [1.807, 2.05) is 0 Å². The lowest BCUT2D eigenvalue weighted by Crippen LogP contribution is -2.05. The van der Waals surface area contributed by atoms with Gasteiger partial charge in [-0.15, -0.1) is 0 Å². The molecule has 0 amide bonds. The van der Waals surface area contributed by atoms with Crippen molar-refractivity contribution in [3.63, 3.8) is 0 Å². The highest BCUT2D eigenvalue weighted by Gasteiger charge is 2.27. The number of rotatable bonds is 7. The van der Waals surface area contributed by atoms with E-state index < -0.39 is 0 Å². The maximum atomic E-state index is 12.1. The van der Waals surface area contributed by atoms with Gasteiger partial charge in [0.1, 0.15) is 23.0 Å². The number of ketones is 2. The van der Waals surface area contributed by atoms with Crippen LogP contribution in [0.3, 0.4) is 0 Å². The third-order valence-electron chi connectivity index (χ3n) is 4.10. The van der Waals surface area contributed by atoms with Crippen molar-refractivity contribution >= 4 is 11.6 Å². The molecule has 6 nitrogen and oxygen atoms in total. The molecule has 0 spiro atoms. The van der Waals surface area contributed by atoms with Crippen LogP contribution < -0.4 is 18.9 Å². The van der Waals surface area contributed by atoms with Gasteiger partial charge < -0.3 is 18.9 Å². The Balaban J connectivity index is 3.03. The van der Waals surface area contributed by atoms with Crippen LogP contribution in [0.2, 0.25) is 0 Å². The maximum absolute atomic E-state index is 12.1. The van der Waals surface area contributed by atoms with E-state index >= 15 is 0 Å². The van der Waals surface area contributed by atoms with Crippen LogP contribution in [0.1, 0.15) is 34.6 Å². The van der Waals surface area contributed by atoms with Gasteiger partial charge in [0.15, 0.2) is 11.6 Å². The summed E-state index contributed by atoms with van der Waals surface area (Å²) in [7, 11) is 5.97. The predicted molar refractivity (Wildman–Crippen MR) is 98.1 cm³/mol. The molecule has 0 bridgehead atoms. The van der Waals surface area contributed by atoms with Gasteiger partial charge >= 0.3 is 0 Å². The average molecular weight is 358 g/mol. The zero-order valence-corrected chi connectivity index (χ0v) is 15.8. The molecular formula is C20H22O6. The standard InChI is InChI=1S/C20H22O6/c1-11(21)13-7-9-15(23-3)17(19(13)25-5)18-16(24-4)10-8-14(12(2)22)20(18)26-6/h7-10H,1-6H3. The third-order valence-corrected chi connectivity index (χ3v) is 4.10. The second kappa shape index (κ2) is 7.91. The zero-order chi connectivity index (χ0) is 19.4. The van der Waals surface area contributed by atoms with Crippen molar-refractivity contribution in [3.8, 4) is 34.1 Å². The van der Waals surface area contributed by atoms with Gasteiger partial charge in [0.05, 0.1) is 50.7 Å². The summed E-state index contributed by atoms with van der Waals surface area (Å²) in [5.74, 6) is 1.26. The smallest absolute Gasteiger partial charge is 0.163 e. The summed E-state index contributed by atoms with van der Waals surface area (Å²) >= 11 is 0. The summed E-state index contributed by atoms with van der Waals surface area (Å²) in [5.41, 5.74) is 1.75. The summed E-state index contributed by atoms with van der Waals surface area (Å²) in [6, 6.07) is 6.62. The van der Waals surface area contributed by atoms with Crippen LogP contribution in [-0.4, -0.2) is 40.0 Å². The minimum absolute atomic E-state index is 0.161. The Morgan fingerprint density at radius 3 is 1.19 bits per heavy atom. The SMILES string of the molecule is COc1ccc(C(C)=O)c(OC)c1-c1c(OC)ccc(C(C)=O)c1OC. The number of Topliss-reactive ketones (excluding diaryl/α,β-unsaturated/α-hetero) is 2. The fourth-order valence-corrected chi connectivity index (χ4v) is 2.92. The lowest BCUT2D eigenvalue weighted by Gasteiger charge is -2.21. The van der Waals surface area contributed by atoms with E-state index in [0.717, 1.165) is 0 Å². The number of hydrogen-bond acceptors (Lipinski definition) is 6. The van der Waals surface area contributed by atoms with Gasteiger partial charge in [-0.1, -0.05) is 0 Å². The first-order valence-electron chi connectivity index (χ1n) is 7.93. The first-order valence-corrected chi connectivity index (χ1v) is 7.93. The highest BCUT2D eigenvalue weighted by atomic mass is 16.5. The molecule has 0 heterocycles. The molecule has 2 aromatic rings. The molecule has 0 aliphatic heterocycles. The van der Waals surface area contributed by atoms with Crippen molar-refractivity contribution in [2.24, 2.45) is 0 Å². The van der Waals surface area contributed by atoms with Crippen LogP contribution in [0.15, 0.2) is 24.3 Å². The highest BCUT2D eigenvalue weighted by Crippen LogP contribution is 2.50. The summed E-state index contributed by atoms with van der Waals surface area (Å²) < 4.78 is 22.1. The van der Waals surface area contributed by atoms with E-state index in [4.69, 9.17) is 18.9 Å². The van der Waals surface area contributed by atoms with Crippen LogP contribution in [0.4, 0.5) is 0 Å². The lowest BCUT2D eigenvalue weighted by molar-refractivity contribution is 0.100. The van der Waals surface area contributed by atoms with Gasteiger partial charge in [0, 0.05) is 0 Å². The lowest BCUT2D eigenvalue weighted by atomic mass is 9.94. The Morgan fingerprint density at radius 2 is 0.962 bits per heavy atom. The van der Waals surface area contributed by atoms with E-state index in [0.29, 0.717) is 45.3 Å². The minimum Gasteiger partial charge on any atom is -0.496 e. The second-order valence-electron chi connectivity index (χ2n) is 5.56. The Labute approximate surface area is 152 Å². The summed E-state index contributed by atoms with van der Waals surface area (Å²) in [6.07, 6.45) is 0. The quantitative estimate of drug-likeness (QED) is 0.701. The molecule has 6 heteroatoms. The topological polar surface area (TPSA) is 71.1 Å². The highest BCUT2D eigenvalue weighted by molar-refractivity contribution is 6.04. The molecular weight excluding hydrogens is 336 g/mol. The molecule has 0 saturated carbocycles. The molecule has 138 valence electrons. The van der Waals surface area contributed by atoms with Crippen LogP contribution >= 0.6 is 0 Å². The van der Waals surface area contributed by atoms with Crippen LogP contribution in [-0.2, 0) is 0 Å². The monoisotopic (exact) mass is 358 g/mol. The van der Waals surface area contributed by atoms with Gasteiger partial charge in [-0.25, -0.2) is 0 Å². The van der Waals surface area contributed by atoms with E-state index in [1.165, 1.54) is 42.3 Å². The number of carbonyl (C=O) groups excluding carboxylic acids is 2. The predicted octanol–water partition coefficient (Wildman–Crippen LogP) is 3.79. The van der Waals surface area contributed by atoms with E-state index in [-0.39, 0.29) is 11.6 Å². The van der Waals surface area contributed by atoms with Crippen molar-refractivity contribution in [1.29, 1.82) is 0 Å². The Morgan fingerprint density at radius 1 is 0.615 bits per heavy atom. The number of methoxy groups -OCH3 is 4. The van der Waals surface area contributed by atoms with Gasteiger partial charge in [-0.3, -0.25) is 9.59 Å². The van der Waals surface area contributed by atoms with E-state index in [1.54, 1.807) is 24.3 Å². The molecule has 2 aromatic carbocycles. The molecule has 0 unspecified atom stereocenters. The molecule has 26 heavy (non-hydrogen) atoms. The molecule has 0 saturated heterocycles. The number of ether oxygens (including phenoxy) is 4.